The number of hydrogen-bond donors (Lipinski definition) is 3. The average molecular weight is 439 g/mol. The topological polar surface area (TPSA) is 122 Å². The first-order valence-electron chi connectivity index (χ1n) is 11.3. The van der Waals surface area contributed by atoms with Crippen molar-refractivity contribution in [1.29, 1.82) is 0 Å². The summed E-state index contributed by atoms with van der Waals surface area (Å²) in [5.41, 5.74) is 2.36. The first-order valence-corrected chi connectivity index (χ1v) is 11.3. The van der Waals surface area contributed by atoms with E-state index in [4.69, 9.17) is 9.40 Å². The van der Waals surface area contributed by atoms with Gasteiger partial charge in [-0.3, -0.25) is 9.58 Å². The van der Waals surface area contributed by atoms with Gasteiger partial charge >= 0.3 is 0 Å². The highest BCUT2D eigenvalue weighted by molar-refractivity contribution is 5.73. The Balaban J connectivity index is 1.34. The smallest absolute Gasteiger partial charge is 0.253 e. The number of rotatable bonds is 6. The van der Waals surface area contributed by atoms with Crippen LogP contribution in [0.4, 0.5) is 17.5 Å². The number of aromatic nitrogens is 6. The molecule has 3 N–H and O–H groups in total. The summed E-state index contributed by atoms with van der Waals surface area (Å²) in [7, 11) is 1.87. The summed E-state index contributed by atoms with van der Waals surface area (Å²) in [6.07, 6.45) is 9.55. The van der Waals surface area contributed by atoms with Crippen LogP contribution in [-0.2, 0) is 7.05 Å². The zero-order valence-corrected chi connectivity index (χ0v) is 18.6. The molecule has 1 saturated heterocycles. The predicted octanol–water partition coefficient (Wildman–Crippen LogP) is 1.94. The summed E-state index contributed by atoms with van der Waals surface area (Å²) < 4.78 is 7.23. The van der Waals surface area contributed by atoms with Crippen molar-refractivity contribution in [2.24, 2.45) is 7.05 Å². The first-order chi connectivity index (χ1) is 15.7. The third-order valence-corrected chi connectivity index (χ3v) is 6.33. The molecule has 32 heavy (non-hydrogen) atoms. The Bertz CT molecular complexity index is 1020. The molecular formula is C21H30N10O. The monoisotopic (exact) mass is 438 g/mol. The van der Waals surface area contributed by atoms with Crippen LogP contribution >= 0.6 is 0 Å². The van der Waals surface area contributed by atoms with Crippen molar-refractivity contribution in [1.82, 2.24) is 40.2 Å². The minimum absolute atomic E-state index is 0.344. The predicted molar refractivity (Wildman–Crippen MR) is 121 cm³/mol. The molecule has 5 rings (SSSR count). The van der Waals surface area contributed by atoms with Crippen LogP contribution in [0, 0.1) is 6.92 Å². The molecule has 1 saturated carbocycles. The molecule has 3 aromatic heterocycles. The van der Waals surface area contributed by atoms with Gasteiger partial charge in [0.15, 0.2) is 0 Å². The van der Waals surface area contributed by atoms with Crippen LogP contribution in [0.25, 0.3) is 11.5 Å². The zero-order valence-electron chi connectivity index (χ0n) is 18.6. The highest BCUT2D eigenvalue weighted by atomic mass is 16.4. The SMILES string of the molecule is Cc1nc(Nc2cnn(C)c2)nc(NC2CCC(N3CCNCC3)CC2)c1-c1nnco1. The lowest BCUT2D eigenvalue weighted by atomic mass is 9.89. The summed E-state index contributed by atoms with van der Waals surface area (Å²) in [5, 5.41) is 22.5. The van der Waals surface area contributed by atoms with E-state index in [1.165, 1.54) is 19.2 Å². The standard InChI is InChI=1S/C21H30N10O/c1-14-18(20-29-23-13-32-20)19(28-21(25-14)27-16-11-24-30(2)12-16)26-15-3-5-17(6-4-15)31-9-7-22-8-10-31/h11-13,15,17,22H,3-10H2,1-2H3,(H2,25,26,27,28). The molecule has 0 aromatic carbocycles. The third kappa shape index (κ3) is 4.58. The molecule has 0 amide bonds. The summed E-state index contributed by atoms with van der Waals surface area (Å²) >= 11 is 0. The van der Waals surface area contributed by atoms with E-state index in [2.05, 4.69) is 41.1 Å². The van der Waals surface area contributed by atoms with Gasteiger partial charge in [0.05, 0.1) is 17.6 Å². The molecular weight excluding hydrogens is 408 g/mol. The fourth-order valence-corrected chi connectivity index (χ4v) is 4.71. The van der Waals surface area contributed by atoms with Crippen molar-refractivity contribution in [2.75, 3.05) is 36.8 Å². The zero-order chi connectivity index (χ0) is 21.9. The van der Waals surface area contributed by atoms with E-state index in [1.807, 2.05) is 20.2 Å². The number of hydrogen-bond acceptors (Lipinski definition) is 10. The summed E-state index contributed by atoms with van der Waals surface area (Å²) in [6, 6.07) is 1.02. The minimum Gasteiger partial charge on any atom is -0.423 e. The van der Waals surface area contributed by atoms with Crippen molar-refractivity contribution in [3.63, 3.8) is 0 Å². The van der Waals surface area contributed by atoms with E-state index in [1.54, 1.807) is 10.9 Å². The van der Waals surface area contributed by atoms with Crippen molar-refractivity contribution in [2.45, 2.75) is 44.7 Å². The summed E-state index contributed by atoms with van der Waals surface area (Å²) in [4.78, 5) is 12.0. The lowest BCUT2D eigenvalue weighted by molar-refractivity contribution is 0.135. The normalized spacial score (nSPS) is 22.1. The molecule has 11 heteroatoms. The van der Waals surface area contributed by atoms with Crippen LogP contribution in [0.15, 0.2) is 23.2 Å². The maximum absolute atomic E-state index is 5.50. The van der Waals surface area contributed by atoms with Crippen LogP contribution in [0.2, 0.25) is 0 Å². The maximum Gasteiger partial charge on any atom is 0.253 e. The largest absolute Gasteiger partial charge is 0.423 e. The number of anilines is 3. The first kappa shape index (κ1) is 20.8. The van der Waals surface area contributed by atoms with Gasteiger partial charge in [-0.2, -0.15) is 10.1 Å². The van der Waals surface area contributed by atoms with Gasteiger partial charge < -0.3 is 20.4 Å². The molecule has 170 valence electrons. The molecule has 2 aliphatic rings. The van der Waals surface area contributed by atoms with Crippen molar-refractivity contribution in [3.05, 3.63) is 24.5 Å². The molecule has 1 aliphatic carbocycles. The van der Waals surface area contributed by atoms with Crippen LogP contribution < -0.4 is 16.0 Å². The number of piperazine rings is 1. The molecule has 3 aromatic rings. The molecule has 0 radical (unpaired) electrons. The quantitative estimate of drug-likeness (QED) is 0.526. The molecule has 0 unspecified atom stereocenters. The second kappa shape index (κ2) is 9.21. The maximum atomic E-state index is 5.50. The lowest BCUT2D eigenvalue weighted by Gasteiger charge is -2.39. The molecule has 4 heterocycles. The Hall–Kier alpha value is -3.05. The Morgan fingerprint density at radius 2 is 1.94 bits per heavy atom. The van der Waals surface area contributed by atoms with E-state index < -0.39 is 0 Å². The fourth-order valence-electron chi connectivity index (χ4n) is 4.71. The van der Waals surface area contributed by atoms with Crippen LogP contribution in [-0.4, -0.2) is 73.1 Å². The van der Waals surface area contributed by atoms with Gasteiger partial charge in [-0.15, -0.1) is 10.2 Å². The minimum atomic E-state index is 0.344. The second-order valence-corrected chi connectivity index (χ2v) is 8.56. The second-order valence-electron chi connectivity index (χ2n) is 8.56. The van der Waals surface area contributed by atoms with Crippen LogP contribution in [0.5, 0.6) is 0 Å². The molecule has 0 spiro atoms. The van der Waals surface area contributed by atoms with Gasteiger partial charge in [-0.25, -0.2) is 4.98 Å². The van der Waals surface area contributed by atoms with E-state index >= 15 is 0 Å². The van der Waals surface area contributed by atoms with E-state index in [9.17, 15) is 0 Å². The van der Waals surface area contributed by atoms with Crippen LogP contribution in [0.3, 0.4) is 0 Å². The Kier molecular flexibility index (Phi) is 5.99. The van der Waals surface area contributed by atoms with Crippen molar-refractivity contribution < 1.29 is 4.42 Å². The summed E-state index contributed by atoms with van der Waals surface area (Å²) in [5.74, 6) is 1.65. The molecule has 1 aliphatic heterocycles. The Labute approximate surface area is 187 Å². The highest BCUT2D eigenvalue weighted by Gasteiger charge is 2.28. The van der Waals surface area contributed by atoms with Gasteiger partial charge in [-0.05, 0) is 32.6 Å². The Morgan fingerprint density at radius 3 is 2.62 bits per heavy atom. The van der Waals surface area contributed by atoms with E-state index in [0.717, 1.165) is 61.8 Å². The molecule has 0 atom stereocenters. The number of nitrogens with zero attached hydrogens (tertiary/aromatic N) is 7. The van der Waals surface area contributed by atoms with Gasteiger partial charge in [-0.1, -0.05) is 0 Å². The van der Waals surface area contributed by atoms with Crippen molar-refractivity contribution in [3.8, 4) is 11.5 Å². The average Bonchev–Trinajstić information content (AvgIpc) is 3.47. The molecule has 11 nitrogen and oxygen atoms in total. The van der Waals surface area contributed by atoms with Gasteiger partial charge in [0.2, 0.25) is 12.3 Å². The van der Waals surface area contributed by atoms with Gasteiger partial charge in [0.1, 0.15) is 11.4 Å². The van der Waals surface area contributed by atoms with E-state index in [-0.39, 0.29) is 0 Å². The Morgan fingerprint density at radius 1 is 1.12 bits per heavy atom. The molecule has 2 fully saturated rings. The summed E-state index contributed by atoms with van der Waals surface area (Å²) in [6.45, 7) is 6.43. The third-order valence-electron chi connectivity index (χ3n) is 6.33. The fraction of sp³-hybridized carbons (Fsp3) is 0.571. The number of nitrogens with one attached hydrogen (secondary N) is 3. The highest BCUT2D eigenvalue weighted by Crippen LogP contribution is 2.32. The van der Waals surface area contributed by atoms with Gasteiger partial charge in [0.25, 0.3) is 5.89 Å². The van der Waals surface area contributed by atoms with E-state index in [0.29, 0.717) is 23.9 Å². The van der Waals surface area contributed by atoms with Gasteiger partial charge in [0, 0.05) is 51.5 Å². The number of aryl methyl sites for hydroxylation is 2. The van der Waals surface area contributed by atoms with Crippen molar-refractivity contribution >= 4 is 17.5 Å². The molecule has 0 bridgehead atoms. The lowest BCUT2D eigenvalue weighted by Crippen LogP contribution is -2.50. The van der Waals surface area contributed by atoms with Crippen LogP contribution in [0.1, 0.15) is 31.4 Å².